The average molecular weight is 353 g/mol. The number of benzene rings is 1. The normalized spacial score (nSPS) is 25.0. The van der Waals surface area contributed by atoms with E-state index < -0.39 is 0 Å². The third-order valence-corrected chi connectivity index (χ3v) is 6.84. The molecular weight excluding hydrogens is 325 g/mol. The van der Waals surface area contributed by atoms with E-state index in [9.17, 15) is 9.18 Å². The zero-order valence-corrected chi connectivity index (χ0v) is 15.6. The smallest absolute Gasteiger partial charge is 0.136 e. The number of halogens is 1. The lowest BCUT2D eigenvalue weighted by molar-refractivity contribution is -0.126. The number of rotatable bonds is 5. The van der Waals surface area contributed by atoms with Crippen molar-refractivity contribution in [3.8, 4) is 0 Å². The standard InChI is InChI=1S/C23H28FNO/c1-15(13-23(26)18-3-2-4-18)16-5-7-17(8-6-16)20-11-12-25-22-10-9-19(24)14-21(20)22/h9-12,14-18H,2-8,13H2,1H3/t15-,16?,17?/m0/s1. The second kappa shape index (κ2) is 7.46. The number of carbonyl (C=O) groups is 1. The Morgan fingerprint density at radius 2 is 1.92 bits per heavy atom. The van der Waals surface area contributed by atoms with Crippen molar-refractivity contribution in [2.75, 3.05) is 0 Å². The van der Waals surface area contributed by atoms with E-state index in [2.05, 4.69) is 18.0 Å². The van der Waals surface area contributed by atoms with Gasteiger partial charge in [-0.05, 0) is 86.1 Å². The Labute approximate surface area is 155 Å². The Balaban J connectivity index is 1.40. The summed E-state index contributed by atoms with van der Waals surface area (Å²) in [7, 11) is 0. The van der Waals surface area contributed by atoms with Gasteiger partial charge in [0.05, 0.1) is 5.52 Å². The first-order valence-corrected chi connectivity index (χ1v) is 10.2. The van der Waals surface area contributed by atoms with Gasteiger partial charge in [0.25, 0.3) is 0 Å². The van der Waals surface area contributed by atoms with Crippen molar-refractivity contribution >= 4 is 16.7 Å². The van der Waals surface area contributed by atoms with E-state index in [1.807, 2.05) is 6.20 Å². The van der Waals surface area contributed by atoms with Gasteiger partial charge < -0.3 is 0 Å². The van der Waals surface area contributed by atoms with E-state index in [-0.39, 0.29) is 5.82 Å². The maximum absolute atomic E-state index is 13.7. The molecule has 26 heavy (non-hydrogen) atoms. The molecule has 2 fully saturated rings. The Kier molecular flexibility index (Phi) is 5.06. The van der Waals surface area contributed by atoms with Crippen LogP contribution in [0.15, 0.2) is 30.5 Å². The number of carbonyl (C=O) groups excluding carboxylic acids is 1. The number of pyridine rings is 1. The van der Waals surface area contributed by atoms with E-state index in [1.54, 1.807) is 12.1 Å². The minimum Gasteiger partial charge on any atom is -0.299 e. The summed E-state index contributed by atoms with van der Waals surface area (Å²) in [5, 5.41) is 0.962. The van der Waals surface area contributed by atoms with E-state index >= 15 is 0 Å². The van der Waals surface area contributed by atoms with Crippen LogP contribution in [0.2, 0.25) is 0 Å². The van der Waals surface area contributed by atoms with Crippen molar-refractivity contribution in [3.05, 3.63) is 41.8 Å². The molecule has 4 rings (SSSR count). The van der Waals surface area contributed by atoms with E-state index in [0.717, 1.165) is 43.0 Å². The monoisotopic (exact) mass is 353 g/mol. The van der Waals surface area contributed by atoms with Crippen LogP contribution in [0.4, 0.5) is 4.39 Å². The van der Waals surface area contributed by atoms with E-state index in [4.69, 9.17) is 0 Å². The van der Waals surface area contributed by atoms with E-state index in [0.29, 0.717) is 29.5 Å². The third-order valence-electron chi connectivity index (χ3n) is 6.84. The fourth-order valence-corrected chi connectivity index (χ4v) is 4.88. The molecule has 0 amide bonds. The van der Waals surface area contributed by atoms with Crippen molar-refractivity contribution in [1.82, 2.24) is 4.98 Å². The van der Waals surface area contributed by atoms with Crippen molar-refractivity contribution in [1.29, 1.82) is 0 Å². The van der Waals surface area contributed by atoms with Crippen LogP contribution < -0.4 is 0 Å². The Morgan fingerprint density at radius 1 is 1.15 bits per heavy atom. The van der Waals surface area contributed by atoms with Crippen molar-refractivity contribution in [3.63, 3.8) is 0 Å². The Hall–Kier alpha value is -1.77. The molecule has 0 aliphatic heterocycles. The Bertz CT molecular complexity index is 790. The van der Waals surface area contributed by atoms with E-state index in [1.165, 1.54) is 30.9 Å². The molecule has 1 heterocycles. The topological polar surface area (TPSA) is 30.0 Å². The number of ketones is 1. The SMILES string of the molecule is C[C@@H](CC(=O)C1CCC1)C1CCC(c2ccnc3ccc(F)cc23)CC1. The van der Waals surface area contributed by atoms with Gasteiger partial charge in [-0.25, -0.2) is 4.39 Å². The summed E-state index contributed by atoms with van der Waals surface area (Å²) in [5.74, 6) is 2.31. The molecule has 0 saturated heterocycles. The molecule has 0 unspecified atom stereocenters. The summed E-state index contributed by atoms with van der Waals surface area (Å²) >= 11 is 0. The van der Waals surface area contributed by atoms with Gasteiger partial charge in [-0.1, -0.05) is 13.3 Å². The minimum absolute atomic E-state index is 0.191. The van der Waals surface area contributed by atoms with Crippen LogP contribution >= 0.6 is 0 Å². The van der Waals surface area contributed by atoms with Gasteiger partial charge in [0, 0.05) is 23.9 Å². The van der Waals surface area contributed by atoms with Crippen molar-refractivity contribution in [2.24, 2.45) is 17.8 Å². The molecule has 0 bridgehead atoms. The second-order valence-corrected chi connectivity index (χ2v) is 8.45. The van der Waals surface area contributed by atoms with Crippen LogP contribution in [-0.2, 0) is 4.79 Å². The minimum atomic E-state index is -0.191. The highest BCUT2D eigenvalue weighted by molar-refractivity contribution is 5.83. The van der Waals surface area contributed by atoms with Crippen LogP contribution in [0.25, 0.3) is 10.9 Å². The van der Waals surface area contributed by atoms with Crippen molar-refractivity contribution < 1.29 is 9.18 Å². The molecule has 0 spiro atoms. The number of hydrogen-bond donors (Lipinski definition) is 0. The van der Waals surface area contributed by atoms with Crippen LogP contribution in [0, 0.1) is 23.6 Å². The lowest BCUT2D eigenvalue weighted by Crippen LogP contribution is -2.27. The zero-order valence-electron chi connectivity index (χ0n) is 15.6. The summed E-state index contributed by atoms with van der Waals surface area (Å²) in [4.78, 5) is 16.7. The Morgan fingerprint density at radius 3 is 2.62 bits per heavy atom. The number of hydrogen-bond acceptors (Lipinski definition) is 2. The first kappa shape index (κ1) is 17.6. The van der Waals surface area contributed by atoms with Gasteiger partial charge in [-0.3, -0.25) is 9.78 Å². The zero-order chi connectivity index (χ0) is 18.1. The molecule has 1 atom stereocenters. The first-order valence-electron chi connectivity index (χ1n) is 10.2. The predicted molar refractivity (Wildman–Crippen MR) is 103 cm³/mol. The fraction of sp³-hybridized carbons (Fsp3) is 0.565. The molecule has 2 nitrogen and oxygen atoms in total. The van der Waals surface area contributed by atoms with Gasteiger partial charge in [-0.2, -0.15) is 0 Å². The lowest BCUT2D eigenvalue weighted by atomic mass is 9.71. The molecule has 2 saturated carbocycles. The molecule has 2 aliphatic carbocycles. The van der Waals surface area contributed by atoms with Crippen LogP contribution in [-0.4, -0.2) is 10.8 Å². The third kappa shape index (κ3) is 3.54. The van der Waals surface area contributed by atoms with Gasteiger partial charge in [0.2, 0.25) is 0 Å². The summed E-state index contributed by atoms with van der Waals surface area (Å²) in [5.41, 5.74) is 2.12. The summed E-state index contributed by atoms with van der Waals surface area (Å²) in [6.07, 6.45) is 10.7. The predicted octanol–water partition coefficient (Wildman–Crippen LogP) is 6.04. The maximum atomic E-state index is 13.7. The maximum Gasteiger partial charge on any atom is 0.136 e. The number of nitrogens with zero attached hydrogens (tertiary/aromatic N) is 1. The number of aromatic nitrogens is 1. The molecule has 1 aromatic carbocycles. The van der Waals surface area contributed by atoms with Gasteiger partial charge in [-0.15, -0.1) is 0 Å². The van der Waals surface area contributed by atoms with Gasteiger partial charge in [0.1, 0.15) is 11.6 Å². The van der Waals surface area contributed by atoms with Crippen LogP contribution in [0.5, 0.6) is 0 Å². The van der Waals surface area contributed by atoms with Gasteiger partial charge in [0.15, 0.2) is 0 Å². The second-order valence-electron chi connectivity index (χ2n) is 8.45. The molecule has 1 aromatic heterocycles. The summed E-state index contributed by atoms with van der Waals surface area (Å²) in [6.45, 7) is 2.26. The molecule has 0 radical (unpaired) electrons. The highest BCUT2D eigenvalue weighted by Crippen LogP contribution is 2.42. The molecule has 3 heteroatoms. The van der Waals surface area contributed by atoms with Crippen LogP contribution in [0.3, 0.4) is 0 Å². The summed E-state index contributed by atoms with van der Waals surface area (Å²) < 4.78 is 13.7. The molecule has 2 aromatic rings. The highest BCUT2D eigenvalue weighted by atomic mass is 19.1. The van der Waals surface area contributed by atoms with Crippen LogP contribution in [0.1, 0.15) is 69.8 Å². The lowest BCUT2D eigenvalue weighted by Gasteiger charge is -2.34. The number of fused-ring (bicyclic) bond motifs is 1. The summed E-state index contributed by atoms with van der Waals surface area (Å²) in [6, 6.07) is 6.95. The van der Waals surface area contributed by atoms with Gasteiger partial charge >= 0.3 is 0 Å². The largest absolute Gasteiger partial charge is 0.299 e. The molecular formula is C23H28FNO. The van der Waals surface area contributed by atoms with Crippen molar-refractivity contribution in [2.45, 2.75) is 64.2 Å². The quantitative estimate of drug-likeness (QED) is 0.655. The highest BCUT2D eigenvalue weighted by Gasteiger charge is 2.31. The molecule has 0 N–H and O–H groups in total. The molecule has 2 aliphatic rings. The average Bonchev–Trinajstić information content (AvgIpc) is 2.59. The first-order chi connectivity index (χ1) is 12.6. The molecule has 138 valence electrons. The fourth-order valence-electron chi connectivity index (χ4n) is 4.88. The number of Topliss-reactive ketones (excluding diaryl/α,β-unsaturated/α-hetero) is 1.